The molecule has 0 bridgehead atoms. The molecule has 0 N–H and O–H groups in total. The van der Waals surface area contributed by atoms with E-state index in [1.807, 2.05) is 48.5 Å². The van der Waals surface area contributed by atoms with Gasteiger partial charge in [0, 0.05) is 52.6 Å². The van der Waals surface area contributed by atoms with E-state index in [-0.39, 0.29) is 57.3 Å². The Hall–Kier alpha value is -6.00. The first-order chi connectivity index (χ1) is 28.2. The first kappa shape index (κ1) is 23.4. The van der Waals surface area contributed by atoms with Gasteiger partial charge in [0.05, 0.1) is 20.0 Å². The minimum absolute atomic E-state index is 0.0246. The zero-order chi connectivity index (χ0) is 39.8. The Kier molecular flexibility index (Phi) is 5.69. The number of rotatable bonds is 6. The fraction of sp³-hybridized carbons (Fsp3) is 0. The summed E-state index contributed by atoms with van der Waals surface area (Å²) in [5, 5.41) is 2.77. The summed E-state index contributed by atoms with van der Waals surface area (Å²) in [5.41, 5.74) is 8.11. The zero-order valence-electron chi connectivity index (χ0n) is 34.1. The van der Waals surface area contributed by atoms with Gasteiger partial charge in [-0.15, -0.1) is 22.7 Å². The van der Waals surface area contributed by atoms with Crippen LogP contribution in [-0.2, 0) is 0 Å². The monoisotopic (exact) mass is 692 g/mol. The summed E-state index contributed by atoms with van der Waals surface area (Å²) < 4.78 is 64.2. The van der Waals surface area contributed by atoms with E-state index in [2.05, 4.69) is 102 Å². The third-order valence-corrected chi connectivity index (χ3v) is 11.6. The van der Waals surface area contributed by atoms with Gasteiger partial charge in [-0.1, -0.05) is 145 Å². The van der Waals surface area contributed by atoms with Gasteiger partial charge in [-0.3, -0.25) is 0 Å². The molecule has 51 heavy (non-hydrogen) atoms. The minimum atomic E-state index is -0.393. The lowest BCUT2D eigenvalue weighted by Crippen LogP contribution is -2.11. The number of hydrogen-bond acceptors (Lipinski definition) is 3. The number of benzene rings is 8. The second-order valence-electron chi connectivity index (χ2n) is 12.4. The van der Waals surface area contributed by atoms with Crippen molar-refractivity contribution in [3.05, 3.63) is 188 Å². The molecule has 1 nitrogen and oxygen atoms in total. The first-order valence-corrected chi connectivity index (χ1v) is 18.3. The van der Waals surface area contributed by atoms with Crippen LogP contribution in [0.5, 0.6) is 0 Å². The number of fused-ring (bicyclic) bond motifs is 6. The standard InChI is InChI=1S/C48H31NS2/c1-3-11-32(12-4-1)33-19-24-37(25-20-33)49(38-26-21-34(22-27-38)36-23-28-42-40-15-7-9-17-44(40)50-46(42)31-36)47-39(35-13-5-2-6-14-35)29-30-43-41-16-8-10-18-45(41)51-48(43)47/h1-31H/i7D,9D,15D,17D,23D,28D,31D. The van der Waals surface area contributed by atoms with Gasteiger partial charge in [-0.2, -0.15) is 0 Å². The van der Waals surface area contributed by atoms with Crippen molar-refractivity contribution in [1.82, 2.24) is 0 Å². The smallest absolute Gasteiger partial charge is 0.0718 e. The topological polar surface area (TPSA) is 3.24 Å². The van der Waals surface area contributed by atoms with Crippen LogP contribution in [0.25, 0.3) is 73.7 Å². The molecule has 0 aliphatic heterocycles. The predicted octanol–water partition coefficient (Wildman–Crippen LogP) is 14.9. The first-order valence-electron chi connectivity index (χ1n) is 20.2. The van der Waals surface area contributed by atoms with Crippen LogP contribution in [0.3, 0.4) is 0 Å². The SMILES string of the molecule is [2H]c1c([2H])c([2H])c2c(sc3c([2H])c(-c4ccc(N(c5ccc(-c6ccccc6)cc5)c5c(-c6ccccc6)ccc6c5sc5ccccc56)cc4)c([2H])c([2H])c32)c1[2H]. The molecule has 0 radical (unpaired) electrons. The molecule has 0 atom stereocenters. The van der Waals surface area contributed by atoms with Crippen LogP contribution in [0.4, 0.5) is 17.1 Å². The molecule has 0 saturated heterocycles. The molecule has 0 saturated carbocycles. The average Bonchev–Trinajstić information content (AvgIpc) is 3.86. The van der Waals surface area contributed by atoms with Crippen LogP contribution in [0.15, 0.2) is 188 Å². The summed E-state index contributed by atoms with van der Waals surface area (Å²) in [6.07, 6.45) is 0. The Bertz CT molecular complexity index is 3230. The third kappa shape index (κ3) is 5.21. The summed E-state index contributed by atoms with van der Waals surface area (Å²) in [5.74, 6) is 0. The highest BCUT2D eigenvalue weighted by Gasteiger charge is 2.23. The van der Waals surface area contributed by atoms with Gasteiger partial charge in [0.15, 0.2) is 0 Å². The zero-order valence-corrected chi connectivity index (χ0v) is 28.8. The van der Waals surface area contributed by atoms with Crippen molar-refractivity contribution in [1.29, 1.82) is 0 Å². The van der Waals surface area contributed by atoms with Crippen molar-refractivity contribution in [2.24, 2.45) is 0 Å². The summed E-state index contributed by atoms with van der Waals surface area (Å²) in [7, 11) is 0. The van der Waals surface area contributed by atoms with Crippen molar-refractivity contribution < 1.29 is 9.60 Å². The van der Waals surface area contributed by atoms with E-state index in [4.69, 9.17) is 8.22 Å². The van der Waals surface area contributed by atoms with Crippen molar-refractivity contribution in [2.45, 2.75) is 0 Å². The Morgan fingerprint density at radius 2 is 1.00 bits per heavy atom. The van der Waals surface area contributed by atoms with Crippen molar-refractivity contribution in [3.8, 4) is 33.4 Å². The van der Waals surface area contributed by atoms with E-state index in [1.165, 1.54) is 10.1 Å². The van der Waals surface area contributed by atoms with Crippen molar-refractivity contribution in [3.63, 3.8) is 0 Å². The maximum atomic E-state index is 9.34. The highest BCUT2D eigenvalue weighted by atomic mass is 32.1. The molecular weight excluding hydrogens is 655 g/mol. The highest BCUT2D eigenvalue weighted by Crippen LogP contribution is 2.50. The van der Waals surface area contributed by atoms with Crippen LogP contribution in [0.1, 0.15) is 9.60 Å². The maximum Gasteiger partial charge on any atom is 0.0718 e. The lowest BCUT2D eigenvalue weighted by atomic mass is 9.98. The van der Waals surface area contributed by atoms with E-state index in [0.717, 1.165) is 60.7 Å². The van der Waals surface area contributed by atoms with Crippen LogP contribution in [-0.4, -0.2) is 0 Å². The fourth-order valence-corrected chi connectivity index (χ4v) is 9.12. The molecule has 0 unspecified atom stereocenters. The van der Waals surface area contributed by atoms with E-state index in [9.17, 15) is 1.37 Å². The van der Waals surface area contributed by atoms with Crippen molar-refractivity contribution in [2.75, 3.05) is 4.90 Å². The number of hydrogen-bond donors (Lipinski definition) is 0. The Labute approximate surface area is 314 Å². The van der Waals surface area contributed by atoms with E-state index in [0.29, 0.717) is 10.3 Å². The molecule has 0 amide bonds. The number of nitrogens with zero attached hydrogens (tertiary/aromatic N) is 1. The molecule has 2 heterocycles. The Morgan fingerprint density at radius 3 is 1.75 bits per heavy atom. The Morgan fingerprint density at radius 1 is 0.392 bits per heavy atom. The van der Waals surface area contributed by atoms with Gasteiger partial charge < -0.3 is 4.90 Å². The van der Waals surface area contributed by atoms with Gasteiger partial charge in [-0.25, -0.2) is 0 Å². The van der Waals surface area contributed by atoms with Gasteiger partial charge in [-0.05, 0) is 70.2 Å². The van der Waals surface area contributed by atoms with Gasteiger partial charge in [0.1, 0.15) is 0 Å². The highest BCUT2D eigenvalue weighted by molar-refractivity contribution is 7.26. The summed E-state index contributed by atoms with van der Waals surface area (Å²) >= 11 is 2.84. The summed E-state index contributed by atoms with van der Waals surface area (Å²) in [6.45, 7) is 0. The Balaban J connectivity index is 1.19. The molecule has 10 rings (SSSR count). The minimum Gasteiger partial charge on any atom is -0.308 e. The van der Waals surface area contributed by atoms with Crippen molar-refractivity contribution >= 4 is 80.1 Å². The molecule has 0 aliphatic rings. The quantitative estimate of drug-likeness (QED) is 0.168. The molecule has 8 aromatic carbocycles. The molecule has 0 aliphatic carbocycles. The second kappa shape index (κ2) is 12.4. The van der Waals surface area contributed by atoms with Crippen LogP contribution in [0.2, 0.25) is 0 Å². The fourth-order valence-electron chi connectivity index (χ4n) is 6.91. The molecule has 2 aromatic heterocycles. The van der Waals surface area contributed by atoms with Crippen LogP contribution < -0.4 is 4.90 Å². The summed E-state index contributed by atoms with van der Waals surface area (Å²) in [6, 6.07) is 48.5. The molecule has 0 fully saturated rings. The third-order valence-electron chi connectivity index (χ3n) is 9.36. The average molecular weight is 693 g/mol. The maximum absolute atomic E-state index is 9.34. The van der Waals surface area contributed by atoms with E-state index < -0.39 is 6.04 Å². The number of anilines is 3. The van der Waals surface area contributed by atoms with Crippen LogP contribution >= 0.6 is 22.7 Å². The largest absolute Gasteiger partial charge is 0.308 e. The van der Waals surface area contributed by atoms with Crippen LogP contribution in [0, 0.1) is 0 Å². The molecule has 10 aromatic rings. The number of thiophene rings is 2. The molecule has 240 valence electrons. The summed E-state index contributed by atoms with van der Waals surface area (Å²) in [4.78, 5) is 2.29. The molecular formula is C48H31NS2. The predicted molar refractivity (Wildman–Crippen MR) is 223 cm³/mol. The molecule has 0 spiro atoms. The van der Waals surface area contributed by atoms with Gasteiger partial charge in [0.25, 0.3) is 0 Å². The lowest BCUT2D eigenvalue weighted by Gasteiger charge is -2.29. The van der Waals surface area contributed by atoms with Gasteiger partial charge >= 0.3 is 0 Å². The second-order valence-corrected chi connectivity index (χ2v) is 14.4. The normalized spacial score (nSPS) is 13.5. The molecule has 3 heteroatoms. The van der Waals surface area contributed by atoms with E-state index in [1.54, 1.807) is 11.3 Å². The van der Waals surface area contributed by atoms with E-state index >= 15 is 0 Å². The van der Waals surface area contributed by atoms with Gasteiger partial charge in [0.2, 0.25) is 0 Å². The lowest BCUT2D eigenvalue weighted by molar-refractivity contribution is 1.30.